The van der Waals surface area contributed by atoms with Crippen molar-refractivity contribution in [3.8, 4) is 11.3 Å². The molecular formula is C30H34N6O4. The second-order valence-corrected chi connectivity index (χ2v) is 8.75. The van der Waals surface area contributed by atoms with Gasteiger partial charge in [0.1, 0.15) is 0 Å². The van der Waals surface area contributed by atoms with E-state index in [1.807, 2.05) is 12.1 Å². The number of hydrogen-bond donors (Lipinski definition) is 4. The molecular weight excluding hydrogens is 508 g/mol. The summed E-state index contributed by atoms with van der Waals surface area (Å²) in [5.41, 5.74) is 9.60. The fraction of sp³-hybridized carbons (Fsp3) is 0.233. The molecule has 2 heterocycles. The number of carbonyl (C=O) groups is 2. The Balaban J connectivity index is 0.000000415. The minimum Gasteiger partial charge on any atom is -0.478 e. The predicted molar refractivity (Wildman–Crippen MR) is 155 cm³/mol. The second kappa shape index (κ2) is 16.3. The van der Waals surface area contributed by atoms with Crippen LogP contribution in [-0.4, -0.2) is 58.7 Å². The van der Waals surface area contributed by atoms with Crippen molar-refractivity contribution in [3.05, 3.63) is 102 Å². The molecule has 2 aromatic carbocycles. The Labute approximate surface area is 233 Å². The Hall–Kier alpha value is -4.67. The smallest absolute Gasteiger partial charge is 0.335 e. The summed E-state index contributed by atoms with van der Waals surface area (Å²) in [5.74, 6) is -1.22. The highest BCUT2D eigenvalue weighted by atomic mass is 16.5. The highest BCUT2D eigenvalue weighted by Gasteiger charge is 2.15. The lowest BCUT2D eigenvalue weighted by atomic mass is 10.1. The number of hydrogen-bond acceptors (Lipinski definition) is 8. The monoisotopic (exact) mass is 542 g/mol. The molecule has 4 rings (SSSR count). The van der Waals surface area contributed by atoms with Crippen LogP contribution in [0, 0.1) is 0 Å². The number of aryl methyl sites for hydroxylation is 1. The van der Waals surface area contributed by atoms with Crippen LogP contribution in [0.15, 0.2) is 85.3 Å². The molecule has 0 aliphatic heterocycles. The van der Waals surface area contributed by atoms with Gasteiger partial charge in [-0.1, -0.05) is 42.5 Å². The van der Waals surface area contributed by atoms with E-state index in [0.717, 1.165) is 44.5 Å². The van der Waals surface area contributed by atoms with Crippen LogP contribution < -0.4 is 16.4 Å². The molecule has 0 radical (unpaired) electrons. The molecule has 0 saturated carbocycles. The first kappa shape index (κ1) is 29.9. The number of pyridine rings is 1. The first-order chi connectivity index (χ1) is 19.5. The third kappa shape index (κ3) is 9.90. The third-order valence-electron chi connectivity index (χ3n) is 5.73. The summed E-state index contributed by atoms with van der Waals surface area (Å²) in [6.45, 7) is 2.74. The van der Waals surface area contributed by atoms with Gasteiger partial charge in [-0.25, -0.2) is 14.8 Å². The molecule has 2 aromatic heterocycles. The van der Waals surface area contributed by atoms with E-state index in [4.69, 9.17) is 15.6 Å². The largest absolute Gasteiger partial charge is 0.478 e. The summed E-state index contributed by atoms with van der Waals surface area (Å²) in [6, 6.07) is 19.9. The van der Waals surface area contributed by atoms with Crippen LogP contribution >= 0.6 is 0 Å². The van der Waals surface area contributed by atoms with Gasteiger partial charge in [0.25, 0.3) is 5.91 Å². The lowest BCUT2D eigenvalue weighted by molar-refractivity contribution is 0.0696. The first-order valence-corrected chi connectivity index (χ1v) is 12.9. The number of ether oxygens (including phenoxy) is 1. The number of aromatic carboxylic acids is 1. The molecule has 10 heteroatoms. The van der Waals surface area contributed by atoms with Crippen molar-refractivity contribution in [2.24, 2.45) is 0 Å². The summed E-state index contributed by atoms with van der Waals surface area (Å²) in [7, 11) is 1.72. The molecule has 4 aromatic rings. The topological polar surface area (TPSA) is 152 Å². The highest BCUT2D eigenvalue weighted by molar-refractivity contribution is 6.05. The Morgan fingerprint density at radius 1 is 0.950 bits per heavy atom. The van der Waals surface area contributed by atoms with Crippen LogP contribution in [0.3, 0.4) is 0 Å². The maximum Gasteiger partial charge on any atom is 0.335 e. The van der Waals surface area contributed by atoms with Crippen molar-refractivity contribution in [3.63, 3.8) is 0 Å². The number of carboxylic acids is 1. The fourth-order valence-electron chi connectivity index (χ4n) is 3.64. The maximum atomic E-state index is 12.6. The van der Waals surface area contributed by atoms with Gasteiger partial charge in [-0.2, -0.15) is 0 Å². The number of carboxylic acid groups (broad SMARTS) is 1. The van der Waals surface area contributed by atoms with Gasteiger partial charge in [-0.15, -0.1) is 0 Å². The van der Waals surface area contributed by atoms with E-state index >= 15 is 0 Å². The number of carbonyl (C=O) groups excluding carboxylic acids is 1. The van der Waals surface area contributed by atoms with Crippen molar-refractivity contribution >= 4 is 23.4 Å². The Kier molecular flexibility index (Phi) is 12.2. The molecule has 10 nitrogen and oxygen atoms in total. The standard InChI is InChI=1S/C23H28N6O2.C7H6O2/c1-31-14-4-13-25-11-2-5-17-7-9-18(10-8-17)20-16-27-22(24)21(29-20)23(30)28-19-6-3-12-26-15-19;8-7(9)6-4-2-1-3-5-6/h3,6-10,12,15-16,25H,2,4-5,11,13-14H2,1H3,(H2,24,27)(H,28,30);1-5H,(H,8,9). The van der Waals surface area contributed by atoms with Gasteiger partial charge >= 0.3 is 5.97 Å². The van der Waals surface area contributed by atoms with E-state index in [1.165, 1.54) is 5.56 Å². The summed E-state index contributed by atoms with van der Waals surface area (Å²) >= 11 is 0. The zero-order chi connectivity index (χ0) is 28.6. The Morgan fingerprint density at radius 2 is 1.70 bits per heavy atom. The van der Waals surface area contributed by atoms with Crippen molar-refractivity contribution in [2.45, 2.75) is 19.3 Å². The first-order valence-electron chi connectivity index (χ1n) is 12.9. The van der Waals surface area contributed by atoms with Crippen LogP contribution in [0.25, 0.3) is 11.3 Å². The van der Waals surface area contributed by atoms with E-state index < -0.39 is 11.9 Å². The summed E-state index contributed by atoms with van der Waals surface area (Å²) in [6.07, 6.45) is 7.84. The van der Waals surface area contributed by atoms with Crippen molar-refractivity contribution in [1.82, 2.24) is 20.3 Å². The average Bonchev–Trinajstić information content (AvgIpc) is 2.98. The van der Waals surface area contributed by atoms with E-state index in [2.05, 4.69) is 37.7 Å². The third-order valence-corrected chi connectivity index (χ3v) is 5.73. The summed E-state index contributed by atoms with van der Waals surface area (Å²) < 4.78 is 5.04. The second-order valence-electron chi connectivity index (χ2n) is 8.75. The van der Waals surface area contributed by atoms with Crippen molar-refractivity contribution in [2.75, 3.05) is 37.9 Å². The van der Waals surface area contributed by atoms with E-state index in [-0.39, 0.29) is 11.5 Å². The molecule has 0 bridgehead atoms. The lowest BCUT2D eigenvalue weighted by Crippen LogP contribution is -2.18. The number of methoxy groups -OCH3 is 1. The van der Waals surface area contributed by atoms with E-state index in [9.17, 15) is 9.59 Å². The summed E-state index contributed by atoms with van der Waals surface area (Å²) in [5, 5.41) is 14.5. The number of rotatable bonds is 12. The van der Waals surface area contributed by atoms with Crippen LogP contribution in [0.2, 0.25) is 0 Å². The highest BCUT2D eigenvalue weighted by Crippen LogP contribution is 2.20. The SMILES string of the molecule is COCCCNCCCc1ccc(-c2cnc(N)c(C(=O)Nc3cccnc3)n2)cc1.O=C(O)c1ccccc1. The number of benzene rings is 2. The zero-order valence-electron chi connectivity index (χ0n) is 22.4. The molecule has 208 valence electrons. The number of nitrogens with zero attached hydrogens (tertiary/aromatic N) is 3. The number of amides is 1. The van der Waals surface area contributed by atoms with Crippen molar-refractivity contribution in [1.29, 1.82) is 0 Å². The van der Waals surface area contributed by atoms with Gasteiger partial charge in [0.15, 0.2) is 11.5 Å². The van der Waals surface area contributed by atoms with Crippen molar-refractivity contribution < 1.29 is 19.4 Å². The van der Waals surface area contributed by atoms with Crippen LogP contribution in [0.4, 0.5) is 11.5 Å². The van der Waals surface area contributed by atoms with Gasteiger partial charge in [0.2, 0.25) is 0 Å². The van der Waals surface area contributed by atoms with Crippen LogP contribution in [0.1, 0.15) is 39.3 Å². The van der Waals surface area contributed by atoms with Gasteiger partial charge in [-0.3, -0.25) is 9.78 Å². The summed E-state index contributed by atoms with van der Waals surface area (Å²) in [4.78, 5) is 35.3. The molecule has 0 saturated heterocycles. The average molecular weight is 543 g/mol. The Morgan fingerprint density at radius 3 is 2.35 bits per heavy atom. The minimum absolute atomic E-state index is 0.0831. The van der Waals surface area contributed by atoms with Crippen LogP contribution in [0.5, 0.6) is 0 Å². The molecule has 0 unspecified atom stereocenters. The maximum absolute atomic E-state index is 12.6. The van der Waals surface area contributed by atoms with E-state index in [0.29, 0.717) is 16.9 Å². The minimum atomic E-state index is -0.879. The normalized spacial score (nSPS) is 10.3. The molecule has 0 atom stereocenters. The molecule has 0 fully saturated rings. The fourth-order valence-corrected chi connectivity index (χ4v) is 3.64. The number of nitrogen functional groups attached to an aromatic ring is 1. The molecule has 0 spiro atoms. The quantitative estimate of drug-likeness (QED) is 0.192. The van der Waals surface area contributed by atoms with Gasteiger partial charge in [-0.05, 0) is 62.2 Å². The van der Waals surface area contributed by atoms with Gasteiger partial charge in [0.05, 0.1) is 29.3 Å². The number of nitrogens with one attached hydrogen (secondary N) is 2. The number of aromatic nitrogens is 3. The number of nitrogens with two attached hydrogens (primary N) is 1. The molecule has 0 aliphatic carbocycles. The molecule has 0 aliphatic rings. The van der Waals surface area contributed by atoms with E-state index in [1.54, 1.807) is 68.2 Å². The Bertz CT molecular complexity index is 1340. The predicted octanol–water partition coefficient (Wildman–Crippen LogP) is 4.32. The lowest BCUT2D eigenvalue weighted by Gasteiger charge is -2.09. The zero-order valence-corrected chi connectivity index (χ0v) is 22.4. The van der Waals surface area contributed by atoms with Gasteiger partial charge in [0, 0.05) is 25.5 Å². The van der Waals surface area contributed by atoms with Crippen LogP contribution in [-0.2, 0) is 11.2 Å². The molecule has 40 heavy (non-hydrogen) atoms. The molecule has 5 N–H and O–H groups in total. The molecule has 1 amide bonds. The van der Waals surface area contributed by atoms with Gasteiger partial charge < -0.3 is 26.2 Å². The number of anilines is 2.